The molecule has 1 heterocycles. The third-order valence-electron chi connectivity index (χ3n) is 3.98. The number of carbonyl (C=O) groups excluding carboxylic acids is 1. The highest BCUT2D eigenvalue weighted by Crippen LogP contribution is 2.25. The van der Waals surface area contributed by atoms with Gasteiger partial charge in [0.25, 0.3) is 5.69 Å². The third-order valence-corrected chi connectivity index (χ3v) is 3.98. The Balaban J connectivity index is 2.00. The Hall–Kier alpha value is -3.15. The maximum atomic E-state index is 11.2. The number of hydrogen-bond acceptors (Lipinski definition) is 3. The van der Waals surface area contributed by atoms with Crippen LogP contribution in [0.4, 0.5) is 5.69 Å². The number of fused-ring (bicyclic) bond motifs is 1. The van der Waals surface area contributed by atoms with E-state index in [0.29, 0.717) is 0 Å². The minimum atomic E-state index is -0.406. The van der Waals surface area contributed by atoms with E-state index in [1.165, 1.54) is 6.07 Å². The molecule has 0 saturated carbocycles. The lowest BCUT2D eigenvalue weighted by Crippen LogP contribution is -2.18. The lowest BCUT2D eigenvalue weighted by molar-refractivity contribution is -0.384. The fraction of sp³-hybridized carbons (Fsp3) is 0.118. The largest absolute Gasteiger partial charge is 0.369 e. The van der Waals surface area contributed by atoms with E-state index in [9.17, 15) is 14.9 Å². The number of carbonyl (C=O) groups is 1. The van der Waals surface area contributed by atoms with Crippen molar-refractivity contribution in [3.8, 4) is 5.69 Å². The van der Waals surface area contributed by atoms with Crippen molar-refractivity contribution >= 4 is 22.5 Å². The van der Waals surface area contributed by atoms with Crippen molar-refractivity contribution in [2.45, 2.75) is 12.8 Å². The average Bonchev–Trinajstić information content (AvgIpc) is 2.97. The van der Waals surface area contributed by atoms with Crippen LogP contribution in [-0.4, -0.2) is 15.4 Å². The Morgan fingerprint density at radius 3 is 2.48 bits per heavy atom. The van der Waals surface area contributed by atoms with Crippen LogP contribution in [0.5, 0.6) is 0 Å². The van der Waals surface area contributed by atoms with Gasteiger partial charge in [0.15, 0.2) is 0 Å². The van der Waals surface area contributed by atoms with Crippen molar-refractivity contribution in [3.05, 3.63) is 70.4 Å². The van der Waals surface area contributed by atoms with Crippen LogP contribution in [0.15, 0.2) is 54.7 Å². The first-order valence-corrected chi connectivity index (χ1v) is 7.12. The molecule has 116 valence electrons. The van der Waals surface area contributed by atoms with Gasteiger partial charge in [0.2, 0.25) is 5.91 Å². The number of rotatable bonds is 4. The van der Waals surface area contributed by atoms with Gasteiger partial charge in [-0.2, -0.15) is 0 Å². The molecule has 0 aliphatic heterocycles. The van der Waals surface area contributed by atoms with Gasteiger partial charge in [0.1, 0.15) is 0 Å². The van der Waals surface area contributed by atoms with Crippen LogP contribution in [0, 0.1) is 10.1 Å². The van der Waals surface area contributed by atoms with Gasteiger partial charge in [-0.05, 0) is 36.8 Å². The summed E-state index contributed by atoms with van der Waals surface area (Å²) in [5.41, 5.74) is 8.03. The molecule has 23 heavy (non-hydrogen) atoms. The second-order valence-electron chi connectivity index (χ2n) is 5.40. The molecule has 0 bridgehead atoms. The van der Waals surface area contributed by atoms with Crippen molar-refractivity contribution in [1.29, 1.82) is 0 Å². The number of primary amides is 1. The summed E-state index contributed by atoms with van der Waals surface area (Å²) in [4.78, 5) is 21.7. The normalized spacial score (nSPS) is 12.2. The fourth-order valence-corrected chi connectivity index (χ4v) is 2.56. The first-order valence-electron chi connectivity index (χ1n) is 7.12. The number of non-ortho nitro benzene ring substituents is 1. The van der Waals surface area contributed by atoms with E-state index < -0.39 is 4.92 Å². The molecular formula is C17H15N3O3. The average molecular weight is 309 g/mol. The van der Waals surface area contributed by atoms with Crippen LogP contribution in [0.2, 0.25) is 0 Å². The summed E-state index contributed by atoms with van der Waals surface area (Å²) in [5, 5.41) is 11.6. The fourth-order valence-electron chi connectivity index (χ4n) is 2.56. The van der Waals surface area contributed by atoms with E-state index >= 15 is 0 Å². The van der Waals surface area contributed by atoms with Gasteiger partial charge in [0, 0.05) is 29.4 Å². The van der Waals surface area contributed by atoms with Crippen molar-refractivity contribution in [2.24, 2.45) is 5.73 Å². The number of aromatic nitrogens is 1. The zero-order valence-corrected chi connectivity index (χ0v) is 12.5. The summed E-state index contributed by atoms with van der Waals surface area (Å²) in [7, 11) is 0. The van der Waals surface area contributed by atoms with Crippen molar-refractivity contribution in [1.82, 2.24) is 4.57 Å². The highest BCUT2D eigenvalue weighted by atomic mass is 16.6. The summed E-state index contributed by atoms with van der Waals surface area (Å²) >= 11 is 0. The molecule has 3 aromatic rings. The number of nitrogens with zero attached hydrogens (tertiary/aromatic N) is 2. The lowest BCUT2D eigenvalue weighted by Gasteiger charge is -2.10. The van der Waals surface area contributed by atoms with Crippen molar-refractivity contribution < 1.29 is 9.72 Å². The molecule has 0 radical (unpaired) electrons. The van der Waals surface area contributed by atoms with Gasteiger partial charge >= 0.3 is 0 Å². The molecule has 2 aromatic carbocycles. The van der Waals surface area contributed by atoms with Crippen LogP contribution >= 0.6 is 0 Å². The van der Waals surface area contributed by atoms with E-state index in [4.69, 9.17) is 5.73 Å². The molecule has 6 heteroatoms. The monoisotopic (exact) mass is 309 g/mol. The Bertz CT molecular complexity index is 897. The Morgan fingerprint density at radius 1 is 1.17 bits per heavy atom. The van der Waals surface area contributed by atoms with Crippen LogP contribution in [-0.2, 0) is 4.79 Å². The maximum absolute atomic E-state index is 11.2. The number of nitro benzene ring substituents is 1. The number of benzene rings is 2. The highest BCUT2D eigenvalue weighted by molar-refractivity contribution is 5.84. The second kappa shape index (κ2) is 5.57. The first-order chi connectivity index (χ1) is 11.0. The van der Waals surface area contributed by atoms with E-state index in [-0.39, 0.29) is 17.5 Å². The summed E-state index contributed by atoms with van der Waals surface area (Å²) in [6, 6.07) is 14.1. The third kappa shape index (κ3) is 2.66. The molecule has 1 unspecified atom stereocenters. The molecule has 3 rings (SSSR count). The molecule has 0 saturated heterocycles. The molecule has 0 aliphatic carbocycles. The molecule has 1 amide bonds. The van der Waals surface area contributed by atoms with Gasteiger partial charge < -0.3 is 10.3 Å². The number of amides is 1. The minimum Gasteiger partial charge on any atom is -0.369 e. The smallest absolute Gasteiger partial charge is 0.270 e. The maximum Gasteiger partial charge on any atom is 0.270 e. The molecule has 1 aromatic heterocycles. The van der Waals surface area contributed by atoms with Gasteiger partial charge in [-0.25, -0.2) is 0 Å². The van der Waals surface area contributed by atoms with Crippen LogP contribution in [0.25, 0.3) is 16.6 Å². The Labute approximate surface area is 132 Å². The van der Waals surface area contributed by atoms with Crippen molar-refractivity contribution in [2.75, 3.05) is 0 Å². The van der Waals surface area contributed by atoms with Crippen LogP contribution < -0.4 is 5.73 Å². The Morgan fingerprint density at radius 2 is 1.87 bits per heavy atom. The van der Waals surface area contributed by atoms with E-state index in [2.05, 4.69) is 0 Å². The number of nitrogens with two attached hydrogens (primary N) is 1. The summed E-state index contributed by atoms with van der Waals surface area (Å²) in [5.74, 6) is -0.704. The van der Waals surface area contributed by atoms with Crippen LogP contribution in [0.3, 0.4) is 0 Å². The Kier molecular flexibility index (Phi) is 3.57. The minimum absolute atomic E-state index is 0.0703. The summed E-state index contributed by atoms with van der Waals surface area (Å²) < 4.78 is 1.94. The van der Waals surface area contributed by atoms with E-state index in [0.717, 1.165) is 22.2 Å². The molecule has 6 nitrogen and oxygen atoms in total. The van der Waals surface area contributed by atoms with E-state index in [1.54, 1.807) is 19.1 Å². The van der Waals surface area contributed by atoms with Gasteiger partial charge in [-0.15, -0.1) is 0 Å². The molecule has 0 aliphatic rings. The predicted octanol–water partition coefficient (Wildman–Crippen LogP) is 3.13. The van der Waals surface area contributed by atoms with Gasteiger partial charge in [0.05, 0.1) is 16.4 Å². The zero-order chi connectivity index (χ0) is 16.6. The van der Waals surface area contributed by atoms with Gasteiger partial charge in [-0.3, -0.25) is 14.9 Å². The van der Waals surface area contributed by atoms with Crippen LogP contribution in [0.1, 0.15) is 18.4 Å². The SMILES string of the molecule is CC(C(N)=O)c1ccc(-n2ccc3cc([N+](=O)[O-])ccc32)cc1. The molecule has 1 atom stereocenters. The second-order valence-corrected chi connectivity index (χ2v) is 5.40. The molecule has 2 N–H and O–H groups in total. The predicted molar refractivity (Wildman–Crippen MR) is 87.5 cm³/mol. The molecular weight excluding hydrogens is 294 g/mol. The van der Waals surface area contributed by atoms with Crippen molar-refractivity contribution in [3.63, 3.8) is 0 Å². The summed E-state index contributed by atoms with van der Waals surface area (Å²) in [6.07, 6.45) is 1.86. The number of nitro groups is 1. The van der Waals surface area contributed by atoms with E-state index in [1.807, 2.05) is 41.1 Å². The highest BCUT2D eigenvalue weighted by Gasteiger charge is 2.12. The number of hydrogen-bond donors (Lipinski definition) is 1. The standard InChI is InChI=1S/C17H15N3O3/c1-11(17(18)21)12-2-4-14(5-3-12)19-9-8-13-10-15(20(22)23)6-7-16(13)19/h2-11H,1H3,(H2,18,21). The molecule has 0 spiro atoms. The van der Waals surface area contributed by atoms with Gasteiger partial charge in [-0.1, -0.05) is 12.1 Å². The topological polar surface area (TPSA) is 91.2 Å². The quantitative estimate of drug-likeness (QED) is 0.593. The zero-order valence-electron chi connectivity index (χ0n) is 12.5. The molecule has 0 fully saturated rings. The lowest BCUT2D eigenvalue weighted by atomic mass is 10.0. The summed E-state index contributed by atoms with van der Waals surface area (Å²) in [6.45, 7) is 1.77. The first kappa shape index (κ1) is 14.8.